The van der Waals surface area contributed by atoms with Gasteiger partial charge >= 0.3 is 12.1 Å². The second kappa shape index (κ2) is 15.1. The van der Waals surface area contributed by atoms with Crippen molar-refractivity contribution in [3.05, 3.63) is 71.8 Å². The molecule has 35 heavy (non-hydrogen) atoms. The highest BCUT2D eigenvalue weighted by Gasteiger charge is 2.27. The van der Waals surface area contributed by atoms with Crippen LogP contribution in [0.2, 0.25) is 0 Å². The molecule has 9 heteroatoms. The molecule has 0 saturated carbocycles. The summed E-state index contributed by atoms with van der Waals surface area (Å²) in [6, 6.07) is 16.5. The van der Waals surface area contributed by atoms with Crippen LogP contribution in [0.5, 0.6) is 0 Å². The van der Waals surface area contributed by atoms with Gasteiger partial charge in [0.25, 0.3) is 0 Å². The van der Waals surface area contributed by atoms with Crippen molar-refractivity contribution >= 4 is 23.9 Å². The quantitative estimate of drug-likeness (QED) is 0.376. The molecule has 0 fully saturated rings. The molecule has 9 nitrogen and oxygen atoms in total. The first-order valence-corrected chi connectivity index (χ1v) is 11.6. The van der Waals surface area contributed by atoms with Crippen LogP contribution in [0.1, 0.15) is 37.3 Å². The number of ether oxygens (including phenoxy) is 2. The smallest absolute Gasteiger partial charge is 0.407 e. The van der Waals surface area contributed by atoms with Gasteiger partial charge in [-0.2, -0.15) is 0 Å². The van der Waals surface area contributed by atoms with E-state index in [1.165, 1.54) is 7.11 Å². The highest BCUT2D eigenvalue weighted by atomic mass is 16.5. The summed E-state index contributed by atoms with van der Waals surface area (Å²) in [6.45, 7) is 1.68. The van der Waals surface area contributed by atoms with Crippen molar-refractivity contribution in [1.29, 1.82) is 0 Å². The van der Waals surface area contributed by atoms with Crippen LogP contribution in [0.4, 0.5) is 4.79 Å². The molecule has 0 aliphatic carbocycles. The summed E-state index contributed by atoms with van der Waals surface area (Å²) in [5, 5.41) is 7.71. The number of esters is 1. The first-order chi connectivity index (χ1) is 16.9. The zero-order valence-electron chi connectivity index (χ0n) is 20.1. The van der Waals surface area contributed by atoms with Gasteiger partial charge in [0.1, 0.15) is 25.2 Å². The van der Waals surface area contributed by atoms with Gasteiger partial charge < -0.3 is 25.4 Å². The average molecular weight is 484 g/mol. The van der Waals surface area contributed by atoms with Gasteiger partial charge in [0, 0.05) is 6.42 Å². The van der Waals surface area contributed by atoms with Crippen LogP contribution in [-0.4, -0.2) is 49.6 Å². The standard InChI is InChI=1S/C26H33N3O6/c1-3-4-15-21(25(32)34-2)29-24(31)22(16-19-11-7-5-8-12-19)28-23(30)17-27-26(33)35-18-20-13-9-6-10-14-20/h5-14,21-22H,3-4,15-18H2,1-2H3,(H,27,33)(H,28,30)(H,29,31)/t21-,22-/m0/s1. The molecular formula is C26H33N3O6. The SMILES string of the molecule is CCCC[C@H](NC(=O)[C@H](Cc1ccccc1)NC(=O)CNC(=O)OCc1ccccc1)C(=O)OC. The van der Waals surface area contributed by atoms with E-state index in [9.17, 15) is 19.2 Å². The number of benzene rings is 2. The van der Waals surface area contributed by atoms with Gasteiger partial charge in [-0.1, -0.05) is 80.4 Å². The molecule has 188 valence electrons. The summed E-state index contributed by atoms with van der Waals surface area (Å²) in [6.07, 6.45) is 1.46. The highest BCUT2D eigenvalue weighted by Crippen LogP contribution is 2.07. The summed E-state index contributed by atoms with van der Waals surface area (Å²) in [7, 11) is 1.26. The number of alkyl carbamates (subject to hydrolysis) is 1. The van der Waals surface area contributed by atoms with Gasteiger partial charge in [0.05, 0.1) is 7.11 Å². The number of unbranched alkanes of at least 4 members (excludes halogenated alkanes) is 1. The monoisotopic (exact) mass is 483 g/mol. The summed E-state index contributed by atoms with van der Waals surface area (Å²) >= 11 is 0. The van der Waals surface area contributed by atoms with Crippen molar-refractivity contribution < 1.29 is 28.7 Å². The zero-order valence-corrected chi connectivity index (χ0v) is 20.1. The Morgan fingerprint density at radius 3 is 2.09 bits per heavy atom. The summed E-state index contributed by atoms with van der Waals surface area (Å²) in [5.74, 6) is -1.62. The predicted molar refractivity (Wildman–Crippen MR) is 130 cm³/mol. The Morgan fingerprint density at radius 2 is 1.49 bits per heavy atom. The first kappa shape index (κ1) is 27.4. The minimum atomic E-state index is -0.958. The second-order valence-corrected chi connectivity index (χ2v) is 7.95. The normalized spacial score (nSPS) is 12.1. The van der Waals surface area contributed by atoms with Crippen molar-refractivity contribution in [3.8, 4) is 0 Å². The molecule has 0 unspecified atom stereocenters. The van der Waals surface area contributed by atoms with Gasteiger partial charge in [-0.05, 0) is 17.5 Å². The van der Waals surface area contributed by atoms with Crippen LogP contribution in [-0.2, 0) is 36.9 Å². The molecule has 2 aromatic carbocycles. The molecule has 3 N–H and O–H groups in total. The summed E-state index contributed by atoms with van der Waals surface area (Å²) < 4.78 is 9.90. The lowest BCUT2D eigenvalue weighted by atomic mass is 10.0. The number of rotatable bonds is 13. The Morgan fingerprint density at radius 1 is 0.857 bits per heavy atom. The van der Waals surface area contributed by atoms with Crippen molar-refractivity contribution in [2.24, 2.45) is 0 Å². The van der Waals surface area contributed by atoms with E-state index in [-0.39, 0.29) is 19.6 Å². The third kappa shape index (κ3) is 10.3. The van der Waals surface area contributed by atoms with Gasteiger partial charge in [0.15, 0.2) is 0 Å². The zero-order chi connectivity index (χ0) is 25.5. The molecule has 2 aromatic rings. The van der Waals surface area contributed by atoms with E-state index in [2.05, 4.69) is 16.0 Å². The maximum absolute atomic E-state index is 13.0. The predicted octanol–water partition coefficient (Wildman–Crippen LogP) is 2.49. The van der Waals surface area contributed by atoms with Crippen LogP contribution >= 0.6 is 0 Å². The lowest BCUT2D eigenvalue weighted by molar-refractivity contribution is -0.145. The molecule has 0 aromatic heterocycles. The van der Waals surface area contributed by atoms with Gasteiger partial charge in [-0.25, -0.2) is 9.59 Å². The van der Waals surface area contributed by atoms with Crippen LogP contribution in [0.15, 0.2) is 60.7 Å². The molecular weight excluding hydrogens is 450 g/mol. The number of methoxy groups -OCH3 is 1. The Labute approximate surface area is 205 Å². The van der Waals surface area contributed by atoms with E-state index in [0.717, 1.165) is 24.0 Å². The van der Waals surface area contributed by atoms with Crippen molar-refractivity contribution in [1.82, 2.24) is 16.0 Å². The molecule has 2 rings (SSSR count). The van der Waals surface area contributed by atoms with Gasteiger partial charge in [0.2, 0.25) is 11.8 Å². The number of carbonyl (C=O) groups is 4. The van der Waals surface area contributed by atoms with E-state index in [4.69, 9.17) is 9.47 Å². The molecule has 0 aliphatic rings. The second-order valence-electron chi connectivity index (χ2n) is 7.95. The Balaban J connectivity index is 1.96. The molecule has 0 bridgehead atoms. The van der Waals surface area contributed by atoms with E-state index in [1.54, 1.807) is 0 Å². The van der Waals surface area contributed by atoms with E-state index in [1.807, 2.05) is 67.6 Å². The van der Waals surface area contributed by atoms with Crippen LogP contribution in [0, 0.1) is 0 Å². The summed E-state index contributed by atoms with van der Waals surface area (Å²) in [5.41, 5.74) is 1.64. The van der Waals surface area contributed by atoms with Crippen LogP contribution < -0.4 is 16.0 Å². The fraction of sp³-hybridized carbons (Fsp3) is 0.385. The summed E-state index contributed by atoms with van der Waals surface area (Å²) in [4.78, 5) is 49.6. The highest BCUT2D eigenvalue weighted by molar-refractivity contribution is 5.92. The fourth-order valence-corrected chi connectivity index (χ4v) is 3.30. The third-order valence-electron chi connectivity index (χ3n) is 5.19. The minimum Gasteiger partial charge on any atom is -0.467 e. The molecule has 0 heterocycles. The van der Waals surface area contributed by atoms with Gasteiger partial charge in [-0.3, -0.25) is 9.59 Å². The van der Waals surface area contributed by atoms with Crippen molar-refractivity contribution in [2.75, 3.05) is 13.7 Å². The van der Waals surface area contributed by atoms with Crippen LogP contribution in [0.3, 0.4) is 0 Å². The third-order valence-corrected chi connectivity index (χ3v) is 5.19. The molecule has 0 radical (unpaired) electrons. The maximum atomic E-state index is 13.0. The number of hydrogen-bond acceptors (Lipinski definition) is 6. The Hall–Kier alpha value is -3.88. The number of carbonyl (C=O) groups excluding carboxylic acids is 4. The van der Waals surface area contributed by atoms with Crippen LogP contribution in [0.25, 0.3) is 0 Å². The number of amides is 3. The number of nitrogens with one attached hydrogen (secondary N) is 3. The molecule has 2 atom stereocenters. The van der Waals surface area contributed by atoms with E-state index >= 15 is 0 Å². The fourth-order valence-electron chi connectivity index (χ4n) is 3.30. The van der Waals surface area contributed by atoms with E-state index < -0.39 is 36.0 Å². The molecule has 0 spiro atoms. The topological polar surface area (TPSA) is 123 Å². The van der Waals surface area contributed by atoms with Crippen molar-refractivity contribution in [3.63, 3.8) is 0 Å². The lowest BCUT2D eigenvalue weighted by Gasteiger charge is -2.22. The largest absolute Gasteiger partial charge is 0.467 e. The maximum Gasteiger partial charge on any atom is 0.407 e. The van der Waals surface area contributed by atoms with E-state index in [0.29, 0.717) is 6.42 Å². The lowest BCUT2D eigenvalue weighted by Crippen LogP contribution is -2.54. The Bertz CT molecular complexity index is 952. The van der Waals surface area contributed by atoms with Gasteiger partial charge in [-0.15, -0.1) is 0 Å². The Kier molecular flexibility index (Phi) is 11.8. The molecule has 0 aliphatic heterocycles. The molecule has 3 amide bonds. The average Bonchev–Trinajstić information content (AvgIpc) is 2.88. The molecule has 0 saturated heterocycles. The van der Waals surface area contributed by atoms with Crippen molar-refractivity contribution in [2.45, 2.75) is 51.3 Å². The minimum absolute atomic E-state index is 0.0695. The first-order valence-electron chi connectivity index (χ1n) is 11.6. The number of hydrogen-bond donors (Lipinski definition) is 3.